The zero-order chi connectivity index (χ0) is 11.7. The lowest BCUT2D eigenvalue weighted by Gasteiger charge is -2.06. The monoisotopic (exact) mass is 233 g/mol. The second kappa shape index (κ2) is 4.22. The van der Waals surface area contributed by atoms with E-state index in [1.54, 1.807) is 0 Å². The summed E-state index contributed by atoms with van der Waals surface area (Å²) in [6.45, 7) is 3.57. The van der Waals surface area contributed by atoms with Crippen LogP contribution < -0.4 is 0 Å². The molecule has 0 saturated carbocycles. The van der Waals surface area contributed by atoms with E-state index in [0.29, 0.717) is 10.7 Å². The Bertz CT molecular complexity index is 563. The third-order valence-electron chi connectivity index (χ3n) is 2.64. The van der Waals surface area contributed by atoms with Gasteiger partial charge >= 0.3 is 0 Å². The van der Waals surface area contributed by atoms with Crippen molar-refractivity contribution in [2.24, 2.45) is 0 Å². The van der Waals surface area contributed by atoms with Crippen molar-refractivity contribution in [1.82, 2.24) is 4.98 Å². The van der Waals surface area contributed by atoms with Gasteiger partial charge in [0.25, 0.3) is 0 Å². The Morgan fingerprint density at radius 2 is 2.19 bits per heavy atom. The third kappa shape index (κ3) is 1.81. The second-order valence-electron chi connectivity index (χ2n) is 3.73. The lowest BCUT2D eigenvalue weighted by Crippen LogP contribution is -1.97. The molecule has 3 heteroatoms. The summed E-state index contributed by atoms with van der Waals surface area (Å²) in [5.41, 5.74) is 2.52. The molecule has 0 saturated heterocycles. The molecule has 0 radical (unpaired) electrons. The van der Waals surface area contributed by atoms with Gasteiger partial charge in [0.2, 0.25) is 0 Å². The molecule has 0 unspecified atom stereocenters. The zero-order valence-electron chi connectivity index (χ0n) is 9.25. The van der Waals surface area contributed by atoms with E-state index in [1.807, 2.05) is 24.3 Å². The van der Waals surface area contributed by atoms with Crippen molar-refractivity contribution in [2.45, 2.75) is 20.3 Å². The van der Waals surface area contributed by atoms with Crippen LogP contribution in [0.25, 0.3) is 10.9 Å². The summed E-state index contributed by atoms with van der Waals surface area (Å²) in [6, 6.07) is 7.76. The Morgan fingerprint density at radius 1 is 1.44 bits per heavy atom. The lowest BCUT2D eigenvalue weighted by atomic mass is 10.1. The number of fused-ring (bicyclic) bond motifs is 1. The van der Waals surface area contributed by atoms with Crippen LogP contribution in [0.15, 0.2) is 24.3 Å². The maximum atomic E-state index is 11.3. The average molecular weight is 234 g/mol. The van der Waals surface area contributed by atoms with Crippen molar-refractivity contribution in [3.8, 4) is 0 Å². The number of para-hydroxylation sites is 1. The second-order valence-corrected chi connectivity index (χ2v) is 4.08. The molecular weight excluding hydrogens is 222 g/mol. The quantitative estimate of drug-likeness (QED) is 0.585. The minimum Gasteiger partial charge on any atom is -0.294 e. The number of Topliss-reactive ketones (excluding diaryl/α,β-unsaturated/α-hetero) is 1. The van der Waals surface area contributed by atoms with Crippen molar-refractivity contribution in [3.05, 3.63) is 40.5 Å². The zero-order valence-corrected chi connectivity index (χ0v) is 10.0. The molecule has 1 aromatic carbocycles. The van der Waals surface area contributed by atoms with Gasteiger partial charge in [0.1, 0.15) is 5.15 Å². The van der Waals surface area contributed by atoms with Gasteiger partial charge < -0.3 is 0 Å². The van der Waals surface area contributed by atoms with E-state index in [4.69, 9.17) is 11.6 Å². The smallest absolute Gasteiger partial charge is 0.162 e. The first-order valence-corrected chi connectivity index (χ1v) is 5.60. The summed E-state index contributed by atoms with van der Waals surface area (Å²) < 4.78 is 0. The summed E-state index contributed by atoms with van der Waals surface area (Å²) in [5.74, 6) is -0.0544. The van der Waals surface area contributed by atoms with Crippen molar-refractivity contribution < 1.29 is 4.79 Å². The number of halogens is 1. The number of carbonyl (C=O) groups is 1. The fourth-order valence-corrected chi connectivity index (χ4v) is 2.04. The molecule has 0 fully saturated rings. The Kier molecular flexibility index (Phi) is 2.92. The Balaban J connectivity index is 2.78. The van der Waals surface area contributed by atoms with E-state index in [9.17, 15) is 4.79 Å². The number of nitrogens with zero attached hydrogens (tertiary/aromatic N) is 1. The highest BCUT2D eigenvalue weighted by molar-refractivity contribution is 6.33. The molecule has 82 valence electrons. The van der Waals surface area contributed by atoms with Crippen LogP contribution in [0.4, 0.5) is 0 Å². The molecule has 0 amide bonds. The molecule has 0 aliphatic heterocycles. The van der Waals surface area contributed by atoms with Crippen LogP contribution in [0.2, 0.25) is 5.15 Å². The molecule has 0 aliphatic rings. The standard InChI is InChI=1S/C13H12ClNO/c1-3-9-5-4-6-10-7-11(8(2)16)13(14)15-12(9)10/h4-7H,3H2,1-2H3. The van der Waals surface area contributed by atoms with E-state index in [1.165, 1.54) is 6.92 Å². The number of carbonyl (C=O) groups excluding carboxylic acids is 1. The van der Waals surface area contributed by atoms with Gasteiger partial charge in [-0.05, 0) is 25.0 Å². The van der Waals surface area contributed by atoms with E-state index < -0.39 is 0 Å². The molecule has 0 aliphatic carbocycles. The van der Waals surface area contributed by atoms with Gasteiger partial charge in [0.05, 0.1) is 11.1 Å². The van der Waals surface area contributed by atoms with Gasteiger partial charge in [-0.3, -0.25) is 4.79 Å². The predicted molar refractivity (Wildman–Crippen MR) is 66.1 cm³/mol. The normalized spacial score (nSPS) is 10.7. The first kappa shape index (κ1) is 11.1. The van der Waals surface area contributed by atoms with Gasteiger partial charge in [-0.1, -0.05) is 36.7 Å². The summed E-state index contributed by atoms with van der Waals surface area (Å²) in [4.78, 5) is 15.7. The topological polar surface area (TPSA) is 30.0 Å². The summed E-state index contributed by atoms with van der Waals surface area (Å²) in [6.07, 6.45) is 0.903. The van der Waals surface area contributed by atoms with Gasteiger partial charge in [-0.2, -0.15) is 0 Å². The lowest BCUT2D eigenvalue weighted by molar-refractivity contribution is 0.101. The van der Waals surface area contributed by atoms with Crippen molar-refractivity contribution >= 4 is 28.3 Å². The molecular formula is C13H12ClNO. The third-order valence-corrected chi connectivity index (χ3v) is 2.93. The van der Waals surface area contributed by atoms with Gasteiger partial charge in [0.15, 0.2) is 5.78 Å². The van der Waals surface area contributed by atoms with Crippen LogP contribution in [-0.2, 0) is 6.42 Å². The number of hydrogen-bond acceptors (Lipinski definition) is 2. The Labute approximate surface area is 99.3 Å². The molecule has 2 nitrogen and oxygen atoms in total. The molecule has 16 heavy (non-hydrogen) atoms. The minimum absolute atomic E-state index is 0.0544. The number of hydrogen-bond donors (Lipinski definition) is 0. The first-order chi connectivity index (χ1) is 7.63. The van der Waals surface area contributed by atoms with Crippen LogP contribution >= 0.6 is 11.6 Å². The highest BCUT2D eigenvalue weighted by Gasteiger charge is 2.10. The number of aromatic nitrogens is 1. The number of ketones is 1. The molecule has 0 atom stereocenters. The first-order valence-electron chi connectivity index (χ1n) is 5.22. The Hall–Kier alpha value is -1.41. The molecule has 0 spiro atoms. The van der Waals surface area contributed by atoms with E-state index in [-0.39, 0.29) is 5.78 Å². The van der Waals surface area contributed by atoms with Gasteiger partial charge in [-0.15, -0.1) is 0 Å². The summed E-state index contributed by atoms with van der Waals surface area (Å²) in [7, 11) is 0. The highest BCUT2D eigenvalue weighted by Crippen LogP contribution is 2.23. The van der Waals surface area contributed by atoms with Crippen LogP contribution in [0.3, 0.4) is 0 Å². The maximum absolute atomic E-state index is 11.3. The molecule has 1 aromatic heterocycles. The largest absolute Gasteiger partial charge is 0.294 e. The van der Waals surface area contributed by atoms with Crippen molar-refractivity contribution in [3.63, 3.8) is 0 Å². The van der Waals surface area contributed by atoms with E-state index >= 15 is 0 Å². The number of benzene rings is 1. The van der Waals surface area contributed by atoms with Gasteiger partial charge in [-0.25, -0.2) is 4.98 Å². The maximum Gasteiger partial charge on any atom is 0.162 e. The molecule has 1 heterocycles. The van der Waals surface area contributed by atoms with E-state index in [2.05, 4.69) is 11.9 Å². The molecule has 0 bridgehead atoms. The fraction of sp³-hybridized carbons (Fsp3) is 0.231. The average Bonchev–Trinajstić information content (AvgIpc) is 2.27. The minimum atomic E-state index is -0.0544. The molecule has 0 N–H and O–H groups in total. The fourth-order valence-electron chi connectivity index (χ4n) is 1.77. The Morgan fingerprint density at radius 3 is 2.81 bits per heavy atom. The predicted octanol–water partition coefficient (Wildman–Crippen LogP) is 3.65. The summed E-state index contributed by atoms with van der Waals surface area (Å²) >= 11 is 6.00. The number of aryl methyl sites for hydroxylation is 1. The highest BCUT2D eigenvalue weighted by atomic mass is 35.5. The number of pyridine rings is 1. The molecule has 2 rings (SSSR count). The number of rotatable bonds is 2. The van der Waals surface area contributed by atoms with E-state index in [0.717, 1.165) is 22.9 Å². The van der Waals surface area contributed by atoms with Crippen LogP contribution in [0.1, 0.15) is 29.8 Å². The van der Waals surface area contributed by atoms with Crippen LogP contribution in [0, 0.1) is 0 Å². The SMILES string of the molecule is CCc1cccc2cc(C(C)=O)c(Cl)nc12. The summed E-state index contributed by atoms with van der Waals surface area (Å²) in [5, 5.41) is 1.26. The van der Waals surface area contributed by atoms with Crippen molar-refractivity contribution in [1.29, 1.82) is 0 Å². The van der Waals surface area contributed by atoms with Crippen LogP contribution in [0.5, 0.6) is 0 Å². The van der Waals surface area contributed by atoms with Gasteiger partial charge in [0, 0.05) is 5.39 Å². The van der Waals surface area contributed by atoms with Crippen molar-refractivity contribution in [2.75, 3.05) is 0 Å². The molecule has 2 aromatic rings. The van der Waals surface area contributed by atoms with Crippen LogP contribution in [-0.4, -0.2) is 10.8 Å².